The van der Waals surface area contributed by atoms with Gasteiger partial charge in [-0.1, -0.05) is 54.6 Å². The maximum atomic E-state index is 13.1. The van der Waals surface area contributed by atoms with Crippen molar-refractivity contribution in [3.05, 3.63) is 89.5 Å². The highest BCUT2D eigenvalue weighted by Gasteiger charge is 2.47. The molecule has 0 fully saturated rings. The summed E-state index contributed by atoms with van der Waals surface area (Å²) in [5.74, 6) is -0.527. The average molecular weight is 386 g/mol. The molecule has 1 aliphatic rings. The van der Waals surface area contributed by atoms with Crippen LogP contribution in [0.5, 0.6) is 5.75 Å². The van der Waals surface area contributed by atoms with Crippen molar-refractivity contribution in [1.82, 2.24) is 0 Å². The third kappa shape index (κ3) is 3.72. The standard InChI is InChI=1S/C24H22N2O3/c1-16-12-13-21-20(14-16)26-23(28)24(2,29-21)22(27)25-19-11-7-6-10-18(19)15-17-8-4-3-5-9-17/h3-14H,15H2,1-2H3,(H,25,27)(H,26,28). The molecular formula is C24H22N2O3. The van der Waals surface area contributed by atoms with E-state index in [4.69, 9.17) is 4.74 Å². The molecule has 0 aliphatic carbocycles. The van der Waals surface area contributed by atoms with Gasteiger partial charge in [-0.15, -0.1) is 0 Å². The Balaban J connectivity index is 1.58. The van der Waals surface area contributed by atoms with E-state index in [0.717, 1.165) is 16.7 Å². The van der Waals surface area contributed by atoms with E-state index in [1.807, 2.05) is 73.7 Å². The Morgan fingerprint density at radius 3 is 2.55 bits per heavy atom. The summed E-state index contributed by atoms with van der Waals surface area (Å²) in [4.78, 5) is 25.8. The van der Waals surface area contributed by atoms with Crippen LogP contribution in [0.3, 0.4) is 0 Å². The lowest BCUT2D eigenvalue weighted by Gasteiger charge is -2.33. The molecule has 3 aromatic carbocycles. The monoisotopic (exact) mass is 386 g/mol. The zero-order valence-corrected chi connectivity index (χ0v) is 16.4. The molecule has 3 aromatic rings. The molecule has 1 aliphatic heterocycles. The van der Waals surface area contributed by atoms with Crippen LogP contribution in [0.25, 0.3) is 0 Å². The SMILES string of the molecule is Cc1ccc2c(c1)NC(=O)C(C)(C(=O)Nc1ccccc1Cc1ccccc1)O2. The van der Waals surface area contributed by atoms with E-state index in [0.29, 0.717) is 23.5 Å². The van der Waals surface area contributed by atoms with Gasteiger partial charge in [0, 0.05) is 5.69 Å². The van der Waals surface area contributed by atoms with Crippen molar-refractivity contribution in [1.29, 1.82) is 0 Å². The van der Waals surface area contributed by atoms with Crippen LogP contribution in [-0.4, -0.2) is 17.4 Å². The van der Waals surface area contributed by atoms with Crippen molar-refractivity contribution < 1.29 is 14.3 Å². The molecule has 0 radical (unpaired) electrons. The number of para-hydroxylation sites is 1. The Labute approximate surface area is 169 Å². The number of anilines is 2. The van der Waals surface area contributed by atoms with Crippen LogP contribution in [0.4, 0.5) is 11.4 Å². The van der Waals surface area contributed by atoms with Gasteiger partial charge in [0.25, 0.3) is 17.4 Å². The molecule has 1 heterocycles. The first kappa shape index (κ1) is 18.7. The minimum atomic E-state index is -1.66. The van der Waals surface area contributed by atoms with Crippen LogP contribution in [0, 0.1) is 6.92 Å². The highest BCUT2D eigenvalue weighted by atomic mass is 16.5. The van der Waals surface area contributed by atoms with Crippen LogP contribution in [-0.2, 0) is 16.0 Å². The Kier molecular flexibility index (Phi) is 4.80. The molecular weight excluding hydrogens is 364 g/mol. The smallest absolute Gasteiger partial charge is 0.278 e. The van der Waals surface area contributed by atoms with E-state index in [1.54, 1.807) is 6.07 Å². The van der Waals surface area contributed by atoms with E-state index in [-0.39, 0.29) is 0 Å². The number of nitrogens with one attached hydrogen (secondary N) is 2. The number of fused-ring (bicyclic) bond motifs is 1. The summed E-state index contributed by atoms with van der Waals surface area (Å²) in [6, 6.07) is 23.0. The Bertz CT molecular complexity index is 1080. The number of carbonyl (C=O) groups is 2. The van der Waals surface area contributed by atoms with E-state index < -0.39 is 17.4 Å². The van der Waals surface area contributed by atoms with Gasteiger partial charge in [-0.05, 0) is 55.2 Å². The molecule has 2 N–H and O–H groups in total. The topological polar surface area (TPSA) is 67.4 Å². The van der Waals surface area contributed by atoms with Crippen molar-refractivity contribution in [2.45, 2.75) is 25.9 Å². The van der Waals surface area contributed by atoms with Crippen molar-refractivity contribution >= 4 is 23.2 Å². The second kappa shape index (κ2) is 7.43. The number of rotatable bonds is 4. The first-order valence-electron chi connectivity index (χ1n) is 9.50. The number of hydrogen-bond acceptors (Lipinski definition) is 3. The quantitative estimate of drug-likeness (QED) is 0.657. The van der Waals surface area contributed by atoms with Gasteiger partial charge in [0.05, 0.1) is 5.69 Å². The molecule has 1 atom stereocenters. The molecule has 4 rings (SSSR count). The molecule has 0 bridgehead atoms. The summed E-state index contributed by atoms with van der Waals surface area (Å²) in [7, 11) is 0. The second-order valence-corrected chi connectivity index (χ2v) is 7.36. The summed E-state index contributed by atoms with van der Waals surface area (Å²) in [6.45, 7) is 3.41. The zero-order chi connectivity index (χ0) is 20.4. The number of carbonyl (C=O) groups excluding carboxylic acids is 2. The van der Waals surface area contributed by atoms with Crippen molar-refractivity contribution in [2.75, 3.05) is 10.6 Å². The Morgan fingerprint density at radius 2 is 1.76 bits per heavy atom. The lowest BCUT2D eigenvalue weighted by Crippen LogP contribution is -2.56. The summed E-state index contributed by atoms with van der Waals surface area (Å²) >= 11 is 0. The van der Waals surface area contributed by atoms with Gasteiger partial charge in [-0.2, -0.15) is 0 Å². The van der Waals surface area contributed by atoms with Gasteiger partial charge >= 0.3 is 0 Å². The molecule has 0 aromatic heterocycles. The molecule has 0 spiro atoms. The summed E-state index contributed by atoms with van der Waals surface area (Å²) < 4.78 is 5.85. The van der Waals surface area contributed by atoms with Gasteiger partial charge in [-0.3, -0.25) is 9.59 Å². The fourth-order valence-electron chi connectivity index (χ4n) is 3.34. The molecule has 0 saturated carbocycles. The number of amides is 2. The van der Waals surface area contributed by atoms with E-state index in [2.05, 4.69) is 10.6 Å². The third-order valence-corrected chi connectivity index (χ3v) is 5.07. The summed E-state index contributed by atoms with van der Waals surface area (Å²) in [6.07, 6.45) is 0.670. The minimum absolute atomic E-state index is 0.477. The van der Waals surface area contributed by atoms with Crippen LogP contribution >= 0.6 is 0 Å². The maximum Gasteiger partial charge on any atom is 0.278 e. The highest BCUT2D eigenvalue weighted by molar-refractivity contribution is 6.19. The Morgan fingerprint density at radius 1 is 1.03 bits per heavy atom. The number of aryl methyl sites for hydroxylation is 1. The molecule has 5 nitrogen and oxygen atoms in total. The van der Waals surface area contributed by atoms with E-state index >= 15 is 0 Å². The zero-order valence-electron chi connectivity index (χ0n) is 16.4. The number of ether oxygens (including phenoxy) is 1. The average Bonchev–Trinajstić information content (AvgIpc) is 2.71. The molecule has 1 unspecified atom stereocenters. The first-order chi connectivity index (χ1) is 14.0. The molecule has 2 amide bonds. The molecule has 5 heteroatoms. The molecule has 146 valence electrons. The van der Waals surface area contributed by atoms with Gasteiger partial charge in [0.2, 0.25) is 0 Å². The van der Waals surface area contributed by atoms with Crippen molar-refractivity contribution in [3.8, 4) is 5.75 Å². The normalized spacial score (nSPS) is 17.7. The molecule has 29 heavy (non-hydrogen) atoms. The summed E-state index contributed by atoms with van der Waals surface area (Å²) in [5, 5.41) is 5.68. The number of hydrogen-bond donors (Lipinski definition) is 2. The predicted molar refractivity (Wildman–Crippen MR) is 113 cm³/mol. The van der Waals surface area contributed by atoms with Crippen molar-refractivity contribution in [3.63, 3.8) is 0 Å². The fourth-order valence-corrected chi connectivity index (χ4v) is 3.34. The lowest BCUT2D eigenvalue weighted by molar-refractivity contribution is -0.143. The minimum Gasteiger partial charge on any atom is -0.466 e. The molecule has 0 saturated heterocycles. The van der Waals surface area contributed by atoms with E-state index in [1.165, 1.54) is 6.92 Å². The summed E-state index contributed by atoms with van der Waals surface area (Å²) in [5.41, 5.74) is 2.66. The van der Waals surface area contributed by atoms with Crippen molar-refractivity contribution in [2.24, 2.45) is 0 Å². The fraction of sp³-hybridized carbons (Fsp3) is 0.167. The Hall–Kier alpha value is -3.60. The lowest BCUT2D eigenvalue weighted by atomic mass is 9.99. The van der Waals surface area contributed by atoms with Crippen LogP contribution in [0.1, 0.15) is 23.6 Å². The van der Waals surface area contributed by atoms with Gasteiger partial charge in [-0.25, -0.2) is 0 Å². The largest absolute Gasteiger partial charge is 0.466 e. The van der Waals surface area contributed by atoms with Crippen LogP contribution < -0.4 is 15.4 Å². The highest BCUT2D eigenvalue weighted by Crippen LogP contribution is 2.35. The predicted octanol–water partition coefficient (Wildman–Crippen LogP) is 4.31. The first-order valence-corrected chi connectivity index (χ1v) is 9.50. The van der Waals surface area contributed by atoms with Crippen LogP contribution in [0.15, 0.2) is 72.8 Å². The van der Waals surface area contributed by atoms with Crippen LogP contribution in [0.2, 0.25) is 0 Å². The van der Waals surface area contributed by atoms with E-state index in [9.17, 15) is 9.59 Å². The number of benzene rings is 3. The third-order valence-electron chi connectivity index (χ3n) is 5.07. The maximum absolute atomic E-state index is 13.1. The van der Waals surface area contributed by atoms with Gasteiger partial charge in [0.15, 0.2) is 0 Å². The van der Waals surface area contributed by atoms with Gasteiger partial charge in [0.1, 0.15) is 5.75 Å². The van der Waals surface area contributed by atoms with Gasteiger partial charge < -0.3 is 15.4 Å². The second-order valence-electron chi connectivity index (χ2n) is 7.36.